The third kappa shape index (κ3) is 3.63. The van der Waals surface area contributed by atoms with Gasteiger partial charge in [0.05, 0.1) is 4.90 Å². The maximum Gasteiger partial charge on any atom is 0.265 e. The molecule has 1 aromatic carbocycles. The smallest absolute Gasteiger partial charge is 0.265 e. The van der Waals surface area contributed by atoms with Crippen LogP contribution in [0.2, 0.25) is 0 Å². The van der Waals surface area contributed by atoms with Crippen LogP contribution in [0.4, 0.5) is 5.95 Å². The molecule has 140 valence electrons. The molecule has 8 nitrogen and oxygen atoms in total. The minimum Gasteiger partial charge on any atom is -0.344 e. The fourth-order valence-electron chi connectivity index (χ4n) is 2.94. The van der Waals surface area contributed by atoms with Gasteiger partial charge in [-0.05, 0) is 37.1 Å². The van der Waals surface area contributed by atoms with E-state index in [-0.39, 0.29) is 16.6 Å². The predicted molar refractivity (Wildman–Crippen MR) is 95.8 cm³/mol. The van der Waals surface area contributed by atoms with Gasteiger partial charge in [-0.15, -0.1) is 0 Å². The number of piperidine rings is 1. The van der Waals surface area contributed by atoms with Crippen LogP contribution < -0.4 is 4.90 Å². The minimum atomic E-state index is -3.63. The summed E-state index contributed by atoms with van der Waals surface area (Å²) < 4.78 is 32.5. The Balaban J connectivity index is 1.72. The summed E-state index contributed by atoms with van der Waals surface area (Å²) in [5.41, 5.74) is 0.392. The van der Waals surface area contributed by atoms with E-state index in [0.29, 0.717) is 43.3 Å². The molecule has 0 unspecified atom stereocenters. The van der Waals surface area contributed by atoms with Gasteiger partial charge in [-0.1, -0.05) is 12.1 Å². The van der Waals surface area contributed by atoms with Gasteiger partial charge >= 0.3 is 0 Å². The zero-order valence-electron chi connectivity index (χ0n) is 15.0. The van der Waals surface area contributed by atoms with E-state index in [1.54, 1.807) is 17.0 Å². The van der Waals surface area contributed by atoms with Crippen LogP contribution >= 0.6 is 0 Å². The highest BCUT2D eigenvalue weighted by Gasteiger charge is 2.32. The summed E-state index contributed by atoms with van der Waals surface area (Å²) >= 11 is 0. The molecule has 2 heterocycles. The molecule has 0 aliphatic carbocycles. The number of aromatic nitrogens is 2. The lowest BCUT2D eigenvalue weighted by atomic mass is 9.98. The van der Waals surface area contributed by atoms with Crippen LogP contribution in [0.15, 0.2) is 33.7 Å². The number of carbonyl (C=O) groups is 1. The lowest BCUT2D eigenvalue weighted by Gasteiger charge is -2.29. The average molecular weight is 378 g/mol. The Kier molecular flexibility index (Phi) is 5.10. The lowest BCUT2D eigenvalue weighted by Crippen LogP contribution is -2.38. The van der Waals surface area contributed by atoms with E-state index in [1.807, 2.05) is 14.1 Å². The van der Waals surface area contributed by atoms with E-state index in [0.717, 1.165) is 0 Å². The zero-order chi connectivity index (χ0) is 18.9. The van der Waals surface area contributed by atoms with Gasteiger partial charge in [-0.25, -0.2) is 8.42 Å². The van der Waals surface area contributed by atoms with Gasteiger partial charge in [0.1, 0.15) is 0 Å². The Labute approximate surface area is 152 Å². The molecule has 0 saturated carbocycles. The van der Waals surface area contributed by atoms with E-state index in [1.165, 1.54) is 23.4 Å². The topological polar surface area (TPSA) is 96.6 Å². The van der Waals surface area contributed by atoms with Crippen molar-refractivity contribution >= 4 is 21.8 Å². The number of carbonyl (C=O) groups excluding carboxylic acids is 1. The van der Waals surface area contributed by atoms with Gasteiger partial charge in [0.2, 0.25) is 15.9 Å². The summed E-state index contributed by atoms with van der Waals surface area (Å²) in [6.07, 6.45) is 1.22. The highest BCUT2D eigenvalue weighted by molar-refractivity contribution is 7.89. The molecule has 1 aliphatic rings. The van der Waals surface area contributed by atoms with Crippen molar-refractivity contribution in [1.29, 1.82) is 0 Å². The SMILES string of the molecule is CC(=O)c1cccc(S(=O)(=O)N2CCC(c3nc(N(C)C)no3)CC2)c1. The van der Waals surface area contributed by atoms with Crippen molar-refractivity contribution in [2.75, 3.05) is 32.1 Å². The highest BCUT2D eigenvalue weighted by atomic mass is 32.2. The number of hydrogen-bond donors (Lipinski definition) is 0. The van der Waals surface area contributed by atoms with E-state index in [4.69, 9.17) is 4.52 Å². The van der Waals surface area contributed by atoms with Crippen molar-refractivity contribution in [2.24, 2.45) is 0 Å². The first-order valence-corrected chi connectivity index (χ1v) is 9.85. The Bertz CT molecular complexity index is 899. The highest BCUT2D eigenvalue weighted by Crippen LogP contribution is 2.30. The van der Waals surface area contributed by atoms with Crippen LogP contribution in [-0.4, -0.2) is 55.8 Å². The molecule has 2 aromatic rings. The van der Waals surface area contributed by atoms with Crippen LogP contribution in [0.3, 0.4) is 0 Å². The van der Waals surface area contributed by atoms with Gasteiger partial charge in [0.25, 0.3) is 5.95 Å². The van der Waals surface area contributed by atoms with Crippen LogP contribution in [0, 0.1) is 0 Å². The number of hydrogen-bond acceptors (Lipinski definition) is 7. The molecule has 1 saturated heterocycles. The van der Waals surface area contributed by atoms with E-state index in [2.05, 4.69) is 10.1 Å². The summed E-state index contributed by atoms with van der Waals surface area (Å²) in [7, 11) is 0.0390. The summed E-state index contributed by atoms with van der Waals surface area (Å²) in [5.74, 6) is 0.945. The summed E-state index contributed by atoms with van der Waals surface area (Å²) in [6, 6.07) is 6.17. The number of sulfonamides is 1. The molecule has 26 heavy (non-hydrogen) atoms. The molecule has 3 rings (SSSR count). The fourth-order valence-corrected chi connectivity index (χ4v) is 4.46. The molecule has 0 bridgehead atoms. The van der Waals surface area contributed by atoms with Gasteiger partial charge in [0.15, 0.2) is 5.78 Å². The minimum absolute atomic E-state index is 0.0474. The standard InChI is InChI=1S/C17H22N4O4S/c1-12(22)14-5-4-6-15(11-14)26(23,24)21-9-7-13(8-10-21)16-18-17(19-25-16)20(2)3/h4-6,11,13H,7-10H2,1-3H3. The molecule has 1 fully saturated rings. The molecule has 0 atom stereocenters. The Morgan fingerprint density at radius 2 is 1.96 bits per heavy atom. The first-order chi connectivity index (χ1) is 12.3. The molecule has 0 amide bonds. The van der Waals surface area contributed by atoms with Gasteiger partial charge in [-0.3, -0.25) is 4.79 Å². The lowest BCUT2D eigenvalue weighted by molar-refractivity contribution is 0.101. The van der Waals surface area contributed by atoms with Gasteiger partial charge in [-0.2, -0.15) is 9.29 Å². The number of nitrogens with zero attached hydrogens (tertiary/aromatic N) is 4. The predicted octanol–water partition coefficient (Wildman–Crippen LogP) is 1.91. The van der Waals surface area contributed by atoms with Crippen molar-refractivity contribution < 1.29 is 17.7 Å². The van der Waals surface area contributed by atoms with Crippen LogP contribution in [-0.2, 0) is 10.0 Å². The number of ketones is 1. The maximum absolute atomic E-state index is 12.9. The number of anilines is 1. The van der Waals surface area contributed by atoms with E-state index >= 15 is 0 Å². The third-order valence-corrected chi connectivity index (χ3v) is 6.41. The Morgan fingerprint density at radius 1 is 1.27 bits per heavy atom. The molecule has 1 aliphatic heterocycles. The fraction of sp³-hybridized carbons (Fsp3) is 0.471. The Hall–Kier alpha value is -2.26. The van der Waals surface area contributed by atoms with E-state index < -0.39 is 10.0 Å². The van der Waals surface area contributed by atoms with Crippen molar-refractivity contribution in [1.82, 2.24) is 14.4 Å². The largest absolute Gasteiger partial charge is 0.344 e. The normalized spacial score (nSPS) is 16.6. The quantitative estimate of drug-likeness (QED) is 0.733. The summed E-state index contributed by atoms with van der Waals surface area (Å²) in [6.45, 7) is 2.16. The van der Waals surface area contributed by atoms with E-state index in [9.17, 15) is 13.2 Å². The molecular formula is C17H22N4O4S. The molecule has 0 radical (unpaired) electrons. The third-order valence-electron chi connectivity index (χ3n) is 4.51. The van der Waals surface area contributed by atoms with Gasteiger partial charge in [0, 0.05) is 38.7 Å². The number of rotatable bonds is 5. The van der Waals surface area contributed by atoms with Gasteiger partial charge < -0.3 is 9.42 Å². The Morgan fingerprint density at radius 3 is 2.54 bits per heavy atom. The monoisotopic (exact) mass is 378 g/mol. The second-order valence-corrected chi connectivity index (χ2v) is 8.53. The first kappa shape index (κ1) is 18.5. The molecule has 0 spiro atoms. The van der Waals surface area contributed by atoms with Crippen LogP contribution in [0.25, 0.3) is 0 Å². The van der Waals surface area contributed by atoms with Crippen molar-refractivity contribution in [3.8, 4) is 0 Å². The second-order valence-electron chi connectivity index (χ2n) is 6.59. The number of benzene rings is 1. The second kappa shape index (κ2) is 7.16. The molecule has 1 aromatic heterocycles. The molecule has 0 N–H and O–H groups in total. The summed E-state index contributed by atoms with van der Waals surface area (Å²) in [5, 5.41) is 3.91. The zero-order valence-corrected chi connectivity index (χ0v) is 15.9. The van der Waals surface area contributed by atoms with Crippen molar-refractivity contribution in [3.05, 3.63) is 35.7 Å². The average Bonchev–Trinajstić information content (AvgIpc) is 3.12. The first-order valence-electron chi connectivity index (χ1n) is 8.41. The molecular weight excluding hydrogens is 356 g/mol. The van der Waals surface area contributed by atoms with Crippen LogP contribution in [0.1, 0.15) is 41.9 Å². The maximum atomic E-state index is 12.9. The van der Waals surface area contributed by atoms with Crippen molar-refractivity contribution in [3.63, 3.8) is 0 Å². The molecule has 9 heteroatoms. The summed E-state index contributed by atoms with van der Waals surface area (Å²) in [4.78, 5) is 17.8. The van der Waals surface area contributed by atoms with Crippen LogP contribution in [0.5, 0.6) is 0 Å². The number of Topliss-reactive ketones (excluding diaryl/α,β-unsaturated/α-hetero) is 1. The van der Waals surface area contributed by atoms with Crippen molar-refractivity contribution in [2.45, 2.75) is 30.6 Å².